The largest absolute Gasteiger partial charge is 0.390 e. The molecule has 2 rings (SSSR count). The third kappa shape index (κ3) is 4.41. The summed E-state index contributed by atoms with van der Waals surface area (Å²) in [4.78, 5) is 7.99. The molecule has 6 heteroatoms. The van der Waals surface area contributed by atoms with Gasteiger partial charge in [0.05, 0.1) is 25.5 Å². The number of hydrogen-bond acceptors (Lipinski definition) is 5. The molecule has 0 amide bonds. The minimum atomic E-state index is -0.463. The Morgan fingerprint density at radius 3 is 2.84 bits per heavy atom. The van der Waals surface area contributed by atoms with Crippen LogP contribution in [0.5, 0.6) is 0 Å². The Bertz CT molecular complexity index is 382. The van der Waals surface area contributed by atoms with Gasteiger partial charge in [-0.15, -0.1) is 0 Å². The van der Waals surface area contributed by atoms with E-state index in [1.54, 1.807) is 6.07 Å². The second-order valence-corrected chi connectivity index (χ2v) is 4.78. The zero-order valence-corrected chi connectivity index (χ0v) is 11.1. The van der Waals surface area contributed by atoms with E-state index in [2.05, 4.69) is 9.88 Å². The highest BCUT2D eigenvalue weighted by atomic mass is 19.1. The van der Waals surface area contributed by atoms with Crippen LogP contribution in [0, 0.1) is 5.82 Å². The van der Waals surface area contributed by atoms with E-state index in [-0.39, 0.29) is 5.82 Å². The van der Waals surface area contributed by atoms with Crippen molar-refractivity contribution in [2.45, 2.75) is 6.10 Å². The number of halogens is 1. The van der Waals surface area contributed by atoms with Crippen LogP contribution in [0.25, 0.3) is 0 Å². The van der Waals surface area contributed by atoms with E-state index in [0.717, 1.165) is 26.3 Å². The summed E-state index contributed by atoms with van der Waals surface area (Å²) in [7, 11) is 1.84. The van der Waals surface area contributed by atoms with Crippen LogP contribution in [0.4, 0.5) is 10.2 Å². The Kier molecular flexibility index (Phi) is 5.07. The maximum atomic E-state index is 12.8. The summed E-state index contributed by atoms with van der Waals surface area (Å²) < 4.78 is 18.0. The zero-order chi connectivity index (χ0) is 13.7. The minimum Gasteiger partial charge on any atom is -0.390 e. The topological polar surface area (TPSA) is 48.8 Å². The number of aliphatic hydroxyl groups excluding tert-OH is 1. The SMILES string of the molecule is CN(C[C@@H](O)CN1CCOCC1)c1ccc(F)cn1. The van der Waals surface area contributed by atoms with Crippen LogP contribution < -0.4 is 4.90 Å². The number of hydrogen-bond donors (Lipinski definition) is 1. The molecule has 2 heterocycles. The van der Waals surface area contributed by atoms with Gasteiger partial charge in [-0.05, 0) is 12.1 Å². The number of likely N-dealkylation sites (N-methyl/N-ethyl adjacent to an activating group) is 1. The van der Waals surface area contributed by atoms with E-state index in [9.17, 15) is 9.50 Å². The van der Waals surface area contributed by atoms with Crippen molar-refractivity contribution in [3.8, 4) is 0 Å². The lowest BCUT2D eigenvalue weighted by atomic mass is 10.2. The van der Waals surface area contributed by atoms with Crippen molar-refractivity contribution in [3.63, 3.8) is 0 Å². The molecule has 1 saturated heterocycles. The van der Waals surface area contributed by atoms with Gasteiger partial charge >= 0.3 is 0 Å². The monoisotopic (exact) mass is 269 g/mol. The Morgan fingerprint density at radius 2 is 2.21 bits per heavy atom. The first-order chi connectivity index (χ1) is 9.15. The van der Waals surface area contributed by atoms with E-state index in [1.165, 1.54) is 12.3 Å². The highest BCUT2D eigenvalue weighted by Crippen LogP contribution is 2.09. The molecule has 0 aromatic carbocycles. The molecule has 1 fully saturated rings. The smallest absolute Gasteiger partial charge is 0.141 e. The van der Waals surface area contributed by atoms with Gasteiger partial charge < -0.3 is 14.7 Å². The average Bonchev–Trinajstić information content (AvgIpc) is 2.40. The number of anilines is 1. The molecular formula is C13H20FN3O2. The molecule has 0 spiro atoms. The maximum absolute atomic E-state index is 12.8. The molecule has 0 radical (unpaired) electrons. The number of β-amino-alcohol motifs (C(OH)–C–C–N with tert-alkyl or cyclic N) is 1. The van der Waals surface area contributed by atoms with Crippen LogP contribution in [-0.2, 0) is 4.74 Å². The fourth-order valence-corrected chi connectivity index (χ4v) is 2.14. The van der Waals surface area contributed by atoms with Gasteiger partial charge in [0, 0.05) is 33.2 Å². The molecule has 19 heavy (non-hydrogen) atoms. The van der Waals surface area contributed by atoms with E-state index < -0.39 is 6.10 Å². The molecule has 0 bridgehead atoms. The summed E-state index contributed by atoms with van der Waals surface area (Å²) in [6, 6.07) is 2.98. The minimum absolute atomic E-state index is 0.356. The van der Waals surface area contributed by atoms with Gasteiger partial charge in [0.15, 0.2) is 0 Å². The average molecular weight is 269 g/mol. The number of nitrogens with zero attached hydrogens (tertiary/aromatic N) is 3. The van der Waals surface area contributed by atoms with Crippen LogP contribution in [-0.4, -0.2) is 67.5 Å². The zero-order valence-electron chi connectivity index (χ0n) is 11.1. The predicted octanol–water partition coefficient (Wildman–Crippen LogP) is 0.350. The maximum Gasteiger partial charge on any atom is 0.141 e. The molecule has 0 saturated carbocycles. The molecule has 1 N–H and O–H groups in total. The highest BCUT2D eigenvalue weighted by molar-refractivity contribution is 5.36. The van der Waals surface area contributed by atoms with Crippen molar-refractivity contribution in [1.29, 1.82) is 0 Å². The Morgan fingerprint density at radius 1 is 1.47 bits per heavy atom. The standard InChI is InChI=1S/C13H20FN3O2/c1-16(13-3-2-11(14)8-15-13)9-12(18)10-17-4-6-19-7-5-17/h2-3,8,12,18H,4-7,9-10H2,1H3/t12-/m1/s1. The number of aliphatic hydroxyl groups is 1. The van der Waals surface area contributed by atoms with Gasteiger partial charge in [0.2, 0.25) is 0 Å². The number of ether oxygens (including phenoxy) is 1. The first-order valence-electron chi connectivity index (χ1n) is 6.46. The first-order valence-corrected chi connectivity index (χ1v) is 6.46. The molecule has 1 atom stereocenters. The summed E-state index contributed by atoms with van der Waals surface area (Å²) in [5, 5.41) is 10.1. The summed E-state index contributed by atoms with van der Waals surface area (Å²) >= 11 is 0. The predicted molar refractivity (Wildman–Crippen MR) is 70.7 cm³/mol. The third-order valence-corrected chi connectivity index (χ3v) is 3.16. The second kappa shape index (κ2) is 6.79. The van der Waals surface area contributed by atoms with E-state index >= 15 is 0 Å². The highest BCUT2D eigenvalue weighted by Gasteiger charge is 2.16. The quantitative estimate of drug-likeness (QED) is 0.836. The lowest BCUT2D eigenvalue weighted by molar-refractivity contribution is 0.0162. The number of rotatable bonds is 5. The second-order valence-electron chi connectivity index (χ2n) is 4.78. The van der Waals surface area contributed by atoms with Gasteiger partial charge in [-0.2, -0.15) is 0 Å². The lowest BCUT2D eigenvalue weighted by Crippen LogP contribution is -2.44. The van der Waals surface area contributed by atoms with Crippen molar-refractivity contribution in [3.05, 3.63) is 24.1 Å². The molecule has 1 aliphatic heterocycles. The number of aromatic nitrogens is 1. The third-order valence-electron chi connectivity index (χ3n) is 3.16. The van der Waals surface area contributed by atoms with Crippen LogP contribution in [0.3, 0.4) is 0 Å². The van der Waals surface area contributed by atoms with Gasteiger partial charge in [0.1, 0.15) is 11.6 Å². The summed E-state index contributed by atoms with van der Waals surface area (Å²) in [5.41, 5.74) is 0. The Hall–Kier alpha value is -1.24. The lowest BCUT2D eigenvalue weighted by Gasteiger charge is -2.30. The number of morpholine rings is 1. The molecule has 0 unspecified atom stereocenters. The summed E-state index contributed by atoms with van der Waals surface area (Å²) in [6.45, 7) is 4.25. The van der Waals surface area contributed by atoms with Crippen molar-refractivity contribution in [2.24, 2.45) is 0 Å². The Labute approximate surface area is 112 Å². The van der Waals surface area contributed by atoms with Crippen molar-refractivity contribution < 1.29 is 14.2 Å². The number of pyridine rings is 1. The van der Waals surface area contributed by atoms with Gasteiger partial charge in [-0.3, -0.25) is 4.90 Å². The van der Waals surface area contributed by atoms with Crippen LogP contribution >= 0.6 is 0 Å². The van der Waals surface area contributed by atoms with Crippen LogP contribution in [0.2, 0.25) is 0 Å². The van der Waals surface area contributed by atoms with Gasteiger partial charge in [-0.25, -0.2) is 9.37 Å². The molecule has 5 nitrogen and oxygen atoms in total. The van der Waals surface area contributed by atoms with Crippen LogP contribution in [0.15, 0.2) is 18.3 Å². The summed E-state index contributed by atoms with van der Waals surface area (Å²) in [6.07, 6.45) is 0.718. The van der Waals surface area contributed by atoms with E-state index in [1.807, 2.05) is 11.9 Å². The molecule has 1 aliphatic rings. The fraction of sp³-hybridized carbons (Fsp3) is 0.615. The Balaban J connectivity index is 1.80. The van der Waals surface area contributed by atoms with Crippen molar-refractivity contribution in [2.75, 3.05) is 51.3 Å². The molecular weight excluding hydrogens is 249 g/mol. The first kappa shape index (κ1) is 14.2. The fourth-order valence-electron chi connectivity index (χ4n) is 2.14. The van der Waals surface area contributed by atoms with Crippen molar-refractivity contribution >= 4 is 5.82 Å². The normalized spacial score (nSPS) is 18.3. The van der Waals surface area contributed by atoms with Crippen molar-refractivity contribution in [1.82, 2.24) is 9.88 Å². The van der Waals surface area contributed by atoms with Crippen LogP contribution in [0.1, 0.15) is 0 Å². The molecule has 106 valence electrons. The molecule has 1 aromatic heterocycles. The van der Waals surface area contributed by atoms with Gasteiger partial charge in [-0.1, -0.05) is 0 Å². The molecule has 0 aliphatic carbocycles. The van der Waals surface area contributed by atoms with E-state index in [4.69, 9.17) is 4.74 Å². The van der Waals surface area contributed by atoms with E-state index in [0.29, 0.717) is 18.9 Å². The van der Waals surface area contributed by atoms with Gasteiger partial charge in [0.25, 0.3) is 0 Å². The molecule has 1 aromatic rings. The summed E-state index contributed by atoms with van der Waals surface area (Å²) in [5.74, 6) is 0.299.